The Kier molecular flexibility index (Phi) is 3.89. The van der Waals surface area contributed by atoms with E-state index in [1.807, 2.05) is 0 Å². The van der Waals surface area contributed by atoms with Crippen molar-refractivity contribution in [1.82, 2.24) is 4.98 Å². The first kappa shape index (κ1) is 12.9. The second-order valence-electron chi connectivity index (χ2n) is 3.87. The molecule has 0 aliphatic heterocycles. The zero-order valence-corrected chi connectivity index (χ0v) is 10.0. The monoisotopic (exact) mass is 269 g/mol. The Hall–Kier alpha value is -1.52. The van der Waals surface area contributed by atoms with E-state index in [9.17, 15) is 13.9 Å². The van der Waals surface area contributed by atoms with Crippen LogP contribution < -0.4 is 0 Å². The molecular weight excluding hydrogens is 260 g/mol. The van der Waals surface area contributed by atoms with Crippen molar-refractivity contribution in [2.24, 2.45) is 0 Å². The Morgan fingerprint density at radius 1 is 1.22 bits per heavy atom. The van der Waals surface area contributed by atoms with E-state index in [0.717, 1.165) is 6.07 Å². The van der Waals surface area contributed by atoms with E-state index in [2.05, 4.69) is 4.98 Å². The SMILES string of the molecule is OC(Cc1cc(F)cc(F)c1)c1ncccc1Cl. The number of pyridine rings is 1. The first-order valence-electron chi connectivity index (χ1n) is 5.29. The van der Waals surface area contributed by atoms with Gasteiger partial charge in [-0.3, -0.25) is 4.98 Å². The summed E-state index contributed by atoms with van der Waals surface area (Å²) in [5.41, 5.74) is 0.644. The van der Waals surface area contributed by atoms with Crippen molar-refractivity contribution in [2.75, 3.05) is 0 Å². The lowest BCUT2D eigenvalue weighted by molar-refractivity contribution is 0.173. The van der Waals surface area contributed by atoms with Gasteiger partial charge in [0.1, 0.15) is 17.7 Å². The Balaban J connectivity index is 2.21. The standard InChI is InChI=1S/C13H10ClF2NO/c14-11-2-1-3-17-13(11)12(18)6-8-4-9(15)7-10(16)5-8/h1-5,7,12,18H,6H2. The van der Waals surface area contributed by atoms with Crippen LogP contribution >= 0.6 is 11.6 Å². The van der Waals surface area contributed by atoms with Gasteiger partial charge in [0.15, 0.2) is 0 Å². The van der Waals surface area contributed by atoms with Crippen LogP contribution in [0.3, 0.4) is 0 Å². The molecule has 1 aromatic carbocycles. The summed E-state index contributed by atoms with van der Waals surface area (Å²) in [4.78, 5) is 3.95. The molecule has 0 aliphatic carbocycles. The van der Waals surface area contributed by atoms with Gasteiger partial charge in [-0.05, 0) is 29.8 Å². The van der Waals surface area contributed by atoms with Crippen LogP contribution in [0.4, 0.5) is 8.78 Å². The van der Waals surface area contributed by atoms with Crippen LogP contribution in [0.5, 0.6) is 0 Å². The number of aromatic nitrogens is 1. The van der Waals surface area contributed by atoms with E-state index in [1.165, 1.54) is 18.3 Å². The fraction of sp³-hybridized carbons (Fsp3) is 0.154. The van der Waals surface area contributed by atoms with E-state index in [4.69, 9.17) is 11.6 Å². The summed E-state index contributed by atoms with van der Waals surface area (Å²) in [5.74, 6) is -1.35. The highest BCUT2D eigenvalue weighted by Gasteiger charge is 2.14. The van der Waals surface area contributed by atoms with Crippen molar-refractivity contribution in [1.29, 1.82) is 0 Å². The van der Waals surface area contributed by atoms with Gasteiger partial charge in [-0.1, -0.05) is 11.6 Å². The third kappa shape index (κ3) is 3.03. The Bertz CT molecular complexity index is 542. The van der Waals surface area contributed by atoms with Crippen LogP contribution in [-0.4, -0.2) is 10.1 Å². The zero-order chi connectivity index (χ0) is 13.1. The predicted molar refractivity (Wildman–Crippen MR) is 64.3 cm³/mol. The van der Waals surface area contributed by atoms with Gasteiger partial charge >= 0.3 is 0 Å². The predicted octanol–water partition coefficient (Wildman–Crippen LogP) is 3.29. The molecule has 0 fully saturated rings. The summed E-state index contributed by atoms with van der Waals surface area (Å²) < 4.78 is 26.0. The normalized spacial score (nSPS) is 12.4. The van der Waals surface area contributed by atoms with Crippen LogP contribution in [0.1, 0.15) is 17.4 Å². The first-order valence-corrected chi connectivity index (χ1v) is 5.67. The molecule has 0 saturated heterocycles. The lowest BCUT2D eigenvalue weighted by atomic mass is 10.0. The molecule has 1 aromatic heterocycles. The maximum Gasteiger partial charge on any atom is 0.126 e. The molecule has 1 atom stereocenters. The van der Waals surface area contributed by atoms with Crippen LogP contribution in [-0.2, 0) is 6.42 Å². The molecule has 2 aromatic rings. The van der Waals surface area contributed by atoms with E-state index >= 15 is 0 Å². The van der Waals surface area contributed by atoms with Crippen molar-refractivity contribution in [3.8, 4) is 0 Å². The molecule has 2 rings (SSSR count). The highest BCUT2D eigenvalue weighted by atomic mass is 35.5. The van der Waals surface area contributed by atoms with E-state index in [-0.39, 0.29) is 6.42 Å². The maximum absolute atomic E-state index is 13.0. The summed E-state index contributed by atoms with van der Waals surface area (Å²) in [6.45, 7) is 0. The summed E-state index contributed by atoms with van der Waals surface area (Å²) >= 11 is 5.88. The van der Waals surface area contributed by atoms with Gasteiger partial charge in [0.2, 0.25) is 0 Å². The number of benzene rings is 1. The van der Waals surface area contributed by atoms with Gasteiger partial charge in [0.05, 0.1) is 10.7 Å². The number of rotatable bonds is 3. The Labute approximate surface area is 108 Å². The summed E-state index contributed by atoms with van der Waals surface area (Å²) in [7, 11) is 0. The molecule has 0 spiro atoms. The molecule has 5 heteroatoms. The van der Waals surface area contributed by atoms with Gasteiger partial charge in [0, 0.05) is 18.7 Å². The van der Waals surface area contributed by atoms with Crippen molar-refractivity contribution < 1.29 is 13.9 Å². The second-order valence-corrected chi connectivity index (χ2v) is 4.28. The molecule has 1 unspecified atom stereocenters. The molecule has 18 heavy (non-hydrogen) atoms. The number of aliphatic hydroxyl groups is 1. The highest BCUT2D eigenvalue weighted by Crippen LogP contribution is 2.23. The molecular formula is C13H10ClF2NO. The summed E-state index contributed by atoms with van der Waals surface area (Å²) in [6, 6.07) is 6.36. The van der Waals surface area contributed by atoms with Crippen LogP contribution in [0.15, 0.2) is 36.5 Å². The molecule has 1 heterocycles. The van der Waals surface area contributed by atoms with E-state index in [1.54, 1.807) is 12.1 Å². The largest absolute Gasteiger partial charge is 0.386 e. The quantitative estimate of drug-likeness (QED) is 0.927. The van der Waals surface area contributed by atoms with Gasteiger partial charge in [-0.25, -0.2) is 8.78 Å². The molecule has 1 N–H and O–H groups in total. The van der Waals surface area contributed by atoms with Crippen LogP contribution in [0.2, 0.25) is 5.02 Å². The number of halogens is 3. The second kappa shape index (κ2) is 5.42. The van der Waals surface area contributed by atoms with Crippen molar-refractivity contribution in [3.63, 3.8) is 0 Å². The minimum Gasteiger partial charge on any atom is -0.386 e. The Morgan fingerprint density at radius 2 is 1.89 bits per heavy atom. The molecule has 2 nitrogen and oxygen atoms in total. The van der Waals surface area contributed by atoms with Gasteiger partial charge in [-0.15, -0.1) is 0 Å². The van der Waals surface area contributed by atoms with Crippen molar-refractivity contribution in [2.45, 2.75) is 12.5 Å². The van der Waals surface area contributed by atoms with Crippen LogP contribution in [0.25, 0.3) is 0 Å². The molecule has 94 valence electrons. The number of hydrogen-bond donors (Lipinski definition) is 1. The smallest absolute Gasteiger partial charge is 0.126 e. The van der Waals surface area contributed by atoms with E-state index in [0.29, 0.717) is 16.3 Å². The molecule has 0 bridgehead atoms. The third-order valence-corrected chi connectivity index (χ3v) is 2.77. The fourth-order valence-electron chi connectivity index (χ4n) is 1.69. The van der Waals surface area contributed by atoms with Crippen molar-refractivity contribution >= 4 is 11.6 Å². The Morgan fingerprint density at radius 3 is 2.50 bits per heavy atom. The number of nitrogens with zero attached hydrogens (tertiary/aromatic N) is 1. The molecule has 0 amide bonds. The summed E-state index contributed by atoms with van der Waals surface area (Å²) in [6.07, 6.45) is 0.544. The first-order chi connectivity index (χ1) is 8.56. The fourth-order valence-corrected chi connectivity index (χ4v) is 1.94. The van der Waals surface area contributed by atoms with Gasteiger partial charge in [-0.2, -0.15) is 0 Å². The van der Waals surface area contributed by atoms with E-state index < -0.39 is 17.7 Å². The number of hydrogen-bond acceptors (Lipinski definition) is 2. The van der Waals surface area contributed by atoms with Crippen molar-refractivity contribution in [3.05, 3.63) is 64.4 Å². The lowest BCUT2D eigenvalue weighted by Crippen LogP contribution is -2.05. The lowest BCUT2D eigenvalue weighted by Gasteiger charge is -2.11. The minimum absolute atomic E-state index is 0.0470. The topological polar surface area (TPSA) is 33.1 Å². The highest BCUT2D eigenvalue weighted by molar-refractivity contribution is 6.31. The molecule has 0 radical (unpaired) electrons. The maximum atomic E-state index is 13.0. The number of aliphatic hydroxyl groups excluding tert-OH is 1. The zero-order valence-electron chi connectivity index (χ0n) is 9.28. The average Bonchev–Trinajstić information content (AvgIpc) is 2.27. The van der Waals surface area contributed by atoms with Gasteiger partial charge < -0.3 is 5.11 Å². The van der Waals surface area contributed by atoms with Crippen LogP contribution in [0, 0.1) is 11.6 Å². The van der Waals surface area contributed by atoms with Gasteiger partial charge in [0.25, 0.3) is 0 Å². The molecule has 0 aliphatic rings. The summed E-state index contributed by atoms with van der Waals surface area (Å²) in [5, 5.41) is 10.3. The molecule has 0 saturated carbocycles. The minimum atomic E-state index is -1.00. The third-order valence-electron chi connectivity index (χ3n) is 2.45. The average molecular weight is 270 g/mol.